The highest BCUT2D eigenvalue weighted by molar-refractivity contribution is 7.80. The highest BCUT2D eigenvalue weighted by atomic mass is 32.1. The number of nitrogens with one attached hydrogen (secondary N) is 2. The van der Waals surface area contributed by atoms with E-state index in [1.54, 1.807) is 13.0 Å². The molecule has 6 nitrogen and oxygen atoms in total. The first-order valence-corrected chi connectivity index (χ1v) is 7.26. The number of hydrogen-bond donors (Lipinski definition) is 2. The highest BCUT2D eigenvalue weighted by Gasteiger charge is 2.16. The lowest BCUT2D eigenvalue weighted by Crippen LogP contribution is -2.20. The van der Waals surface area contributed by atoms with Crippen LogP contribution in [0.15, 0.2) is 36.4 Å². The van der Waals surface area contributed by atoms with Gasteiger partial charge in [-0.25, -0.2) is 8.78 Å². The number of nitro benzene ring substituents is 1. The Kier molecular flexibility index (Phi) is 5.59. The van der Waals surface area contributed by atoms with Crippen LogP contribution in [0.3, 0.4) is 0 Å². The van der Waals surface area contributed by atoms with Crippen LogP contribution in [0.5, 0.6) is 5.75 Å². The number of nitro groups is 1. The summed E-state index contributed by atoms with van der Waals surface area (Å²) in [7, 11) is 0. The molecule has 0 aliphatic heterocycles. The summed E-state index contributed by atoms with van der Waals surface area (Å²) in [6, 6.07) is 7.16. The smallest absolute Gasteiger partial charge is 0.296 e. The summed E-state index contributed by atoms with van der Waals surface area (Å²) in [6.45, 7) is 2.13. The molecule has 0 radical (unpaired) electrons. The number of anilines is 2. The van der Waals surface area contributed by atoms with Crippen molar-refractivity contribution in [2.24, 2.45) is 0 Å². The monoisotopic (exact) mass is 353 g/mol. The molecule has 0 aliphatic carbocycles. The third-order valence-electron chi connectivity index (χ3n) is 2.90. The topological polar surface area (TPSA) is 76.4 Å². The number of thiocarbonyl (C=S) groups is 1. The van der Waals surface area contributed by atoms with Crippen LogP contribution >= 0.6 is 12.2 Å². The van der Waals surface area contributed by atoms with Gasteiger partial charge in [-0.1, -0.05) is 0 Å². The Morgan fingerprint density at radius 2 is 1.88 bits per heavy atom. The molecular formula is C15H13F2N3O3S. The predicted molar refractivity (Wildman–Crippen MR) is 90.5 cm³/mol. The molecule has 0 saturated carbocycles. The lowest BCUT2D eigenvalue weighted by atomic mass is 10.2. The van der Waals surface area contributed by atoms with Crippen LogP contribution in [0.2, 0.25) is 0 Å². The summed E-state index contributed by atoms with van der Waals surface area (Å²) in [5.41, 5.74) is -0.185. The molecule has 0 saturated heterocycles. The standard InChI is InChI=1S/C15H13F2N3O3S/c1-2-23-10-4-6-13(14(8-10)20(21)22)19-15(24)18-12-5-3-9(16)7-11(12)17/h3-8H,2H2,1H3,(H2,18,19,24). The summed E-state index contributed by atoms with van der Waals surface area (Å²) in [6.07, 6.45) is 0. The lowest BCUT2D eigenvalue weighted by molar-refractivity contribution is -0.384. The van der Waals surface area contributed by atoms with E-state index in [2.05, 4.69) is 10.6 Å². The maximum atomic E-state index is 13.6. The van der Waals surface area contributed by atoms with E-state index in [0.29, 0.717) is 18.4 Å². The maximum Gasteiger partial charge on any atom is 0.296 e. The average molecular weight is 353 g/mol. The molecule has 0 spiro atoms. The first kappa shape index (κ1) is 17.5. The normalized spacial score (nSPS) is 10.1. The molecule has 0 aromatic heterocycles. The Hall–Kier alpha value is -2.81. The summed E-state index contributed by atoms with van der Waals surface area (Å²) < 4.78 is 31.7. The van der Waals surface area contributed by atoms with Crippen molar-refractivity contribution in [1.82, 2.24) is 0 Å². The number of nitrogens with zero attached hydrogens (tertiary/aromatic N) is 1. The van der Waals surface area contributed by atoms with E-state index in [1.165, 1.54) is 18.2 Å². The van der Waals surface area contributed by atoms with Crippen molar-refractivity contribution in [2.75, 3.05) is 17.2 Å². The van der Waals surface area contributed by atoms with Gasteiger partial charge in [-0.2, -0.15) is 0 Å². The minimum Gasteiger partial charge on any atom is -0.494 e. The second kappa shape index (κ2) is 7.64. The van der Waals surface area contributed by atoms with Gasteiger partial charge in [-0.3, -0.25) is 10.1 Å². The molecule has 9 heteroatoms. The van der Waals surface area contributed by atoms with Crippen LogP contribution in [0, 0.1) is 21.7 Å². The van der Waals surface area contributed by atoms with E-state index >= 15 is 0 Å². The number of rotatable bonds is 5. The minimum absolute atomic E-state index is 0.0533. The second-order valence-electron chi connectivity index (χ2n) is 4.57. The third-order valence-corrected chi connectivity index (χ3v) is 3.11. The maximum absolute atomic E-state index is 13.6. The van der Waals surface area contributed by atoms with Crippen LogP contribution in [0.1, 0.15) is 6.92 Å². The lowest BCUT2D eigenvalue weighted by Gasteiger charge is -2.12. The molecule has 0 aliphatic rings. The largest absolute Gasteiger partial charge is 0.494 e. The summed E-state index contributed by atoms with van der Waals surface area (Å²) in [4.78, 5) is 10.6. The molecule has 2 aromatic rings. The molecule has 0 atom stereocenters. The van der Waals surface area contributed by atoms with Gasteiger partial charge in [0.1, 0.15) is 23.1 Å². The number of ether oxygens (including phenoxy) is 1. The summed E-state index contributed by atoms with van der Waals surface area (Å²) in [5.74, 6) is -1.21. The van der Waals surface area contributed by atoms with Crippen LogP contribution in [0.25, 0.3) is 0 Å². The molecule has 2 N–H and O–H groups in total. The van der Waals surface area contributed by atoms with Gasteiger partial charge in [0.25, 0.3) is 5.69 Å². The summed E-state index contributed by atoms with van der Waals surface area (Å²) >= 11 is 5.00. The molecule has 0 heterocycles. The number of halogens is 2. The zero-order valence-corrected chi connectivity index (χ0v) is 13.3. The molecule has 2 aromatic carbocycles. The Balaban J connectivity index is 2.17. The minimum atomic E-state index is -0.833. The highest BCUT2D eigenvalue weighted by Crippen LogP contribution is 2.29. The van der Waals surface area contributed by atoms with Crippen LogP contribution < -0.4 is 15.4 Å². The number of benzene rings is 2. The van der Waals surface area contributed by atoms with E-state index in [-0.39, 0.29) is 22.2 Å². The fraction of sp³-hybridized carbons (Fsp3) is 0.133. The van der Waals surface area contributed by atoms with Gasteiger partial charge in [0, 0.05) is 6.07 Å². The van der Waals surface area contributed by atoms with Crippen LogP contribution in [0.4, 0.5) is 25.8 Å². The first-order chi connectivity index (χ1) is 11.4. The van der Waals surface area contributed by atoms with E-state index in [9.17, 15) is 18.9 Å². The van der Waals surface area contributed by atoms with Gasteiger partial charge in [0.15, 0.2) is 5.11 Å². The van der Waals surface area contributed by atoms with Gasteiger partial charge in [0.05, 0.1) is 23.3 Å². The summed E-state index contributed by atoms with van der Waals surface area (Å²) in [5, 5.41) is 16.2. The van der Waals surface area contributed by atoms with Gasteiger partial charge in [0.2, 0.25) is 0 Å². The molecule has 126 valence electrons. The van der Waals surface area contributed by atoms with Crippen molar-refractivity contribution >= 4 is 34.4 Å². The quantitative estimate of drug-likeness (QED) is 0.479. The predicted octanol–water partition coefficient (Wildman–Crippen LogP) is 4.08. The molecule has 0 fully saturated rings. The molecule has 2 rings (SSSR count). The zero-order chi connectivity index (χ0) is 17.7. The second-order valence-corrected chi connectivity index (χ2v) is 4.98. The molecule has 0 unspecified atom stereocenters. The van der Waals surface area contributed by atoms with Crippen molar-refractivity contribution in [1.29, 1.82) is 0 Å². The fourth-order valence-corrected chi connectivity index (χ4v) is 2.11. The first-order valence-electron chi connectivity index (χ1n) is 6.85. The average Bonchev–Trinajstić information content (AvgIpc) is 2.51. The Morgan fingerprint density at radius 1 is 1.21 bits per heavy atom. The van der Waals surface area contributed by atoms with Crippen molar-refractivity contribution in [3.8, 4) is 5.75 Å². The Labute approximate surface area is 141 Å². The third kappa shape index (κ3) is 4.35. The van der Waals surface area contributed by atoms with Gasteiger partial charge < -0.3 is 15.4 Å². The Bertz CT molecular complexity index is 787. The fourth-order valence-electron chi connectivity index (χ4n) is 1.89. The SMILES string of the molecule is CCOc1ccc(NC(=S)Nc2ccc(F)cc2F)c([N+](=O)[O-])c1. The molecule has 24 heavy (non-hydrogen) atoms. The van der Waals surface area contributed by atoms with E-state index < -0.39 is 16.6 Å². The van der Waals surface area contributed by atoms with E-state index in [4.69, 9.17) is 17.0 Å². The van der Waals surface area contributed by atoms with Crippen molar-refractivity contribution in [2.45, 2.75) is 6.92 Å². The van der Waals surface area contributed by atoms with Gasteiger partial charge in [-0.05, 0) is 43.4 Å². The molecule has 0 bridgehead atoms. The number of hydrogen-bond acceptors (Lipinski definition) is 4. The van der Waals surface area contributed by atoms with E-state index in [1.807, 2.05) is 0 Å². The van der Waals surface area contributed by atoms with Crippen molar-refractivity contribution in [3.05, 3.63) is 58.1 Å². The van der Waals surface area contributed by atoms with Gasteiger partial charge >= 0.3 is 0 Å². The molecular weight excluding hydrogens is 340 g/mol. The van der Waals surface area contributed by atoms with Crippen molar-refractivity contribution < 1.29 is 18.4 Å². The molecule has 0 amide bonds. The Morgan fingerprint density at radius 3 is 2.50 bits per heavy atom. The van der Waals surface area contributed by atoms with Crippen LogP contribution in [-0.4, -0.2) is 16.6 Å². The van der Waals surface area contributed by atoms with Crippen LogP contribution in [-0.2, 0) is 0 Å². The zero-order valence-electron chi connectivity index (χ0n) is 12.5. The van der Waals surface area contributed by atoms with Gasteiger partial charge in [-0.15, -0.1) is 0 Å². The van der Waals surface area contributed by atoms with E-state index in [0.717, 1.165) is 6.07 Å². The van der Waals surface area contributed by atoms with Crippen molar-refractivity contribution in [3.63, 3.8) is 0 Å².